The molecule has 1 heterocycles. The van der Waals surface area contributed by atoms with E-state index < -0.39 is 0 Å². The van der Waals surface area contributed by atoms with Crippen LogP contribution in [0, 0.1) is 12.7 Å². The van der Waals surface area contributed by atoms with Gasteiger partial charge in [-0.05, 0) is 30.7 Å². The number of aromatic nitrogens is 2. The van der Waals surface area contributed by atoms with Gasteiger partial charge in [0.15, 0.2) is 5.78 Å². The summed E-state index contributed by atoms with van der Waals surface area (Å²) in [7, 11) is 1.74. The van der Waals surface area contributed by atoms with Crippen LogP contribution in [0.4, 0.5) is 4.39 Å². The van der Waals surface area contributed by atoms with Gasteiger partial charge in [-0.3, -0.25) is 9.48 Å². The molecule has 1 aromatic carbocycles. The van der Waals surface area contributed by atoms with Gasteiger partial charge in [-0.15, -0.1) is 0 Å². The molecule has 0 fully saturated rings. The third-order valence-corrected chi connectivity index (χ3v) is 2.57. The molecule has 88 valence electrons. The van der Waals surface area contributed by atoms with Crippen LogP contribution in [0.15, 0.2) is 30.3 Å². The largest absolute Gasteiger partial charge is 0.292 e. The van der Waals surface area contributed by atoms with Gasteiger partial charge in [-0.25, -0.2) is 4.39 Å². The third-order valence-electron chi connectivity index (χ3n) is 2.57. The number of carbonyl (C=O) groups excluding carboxylic acids is 1. The van der Waals surface area contributed by atoms with Crippen LogP contribution in [0.3, 0.4) is 0 Å². The van der Waals surface area contributed by atoms with Crippen LogP contribution >= 0.6 is 0 Å². The number of nitrogens with zero attached hydrogens (tertiary/aromatic N) is 2. The maximum absolute atomic E-state index is 12.7. The van der Waals surface area contributed by atoms with Crippen molar-refractivity contribution in [2.75, 3.05) is 0 Å². The summed E-state index contributed by atoms with van der Waals surface area (Å²) in [6.07, 6.45) is 0.263. The van der Waals surface area contributed by atoms with Gasteiger partial charge in [0.05, 0.1) is 5.69 Å². The Kier molecular flexibility index (Phi) is 3.04. The normalized spacial score (nSPS) is 10.5. The van der Waals surface area contributed by atoms with Crippen LogP contribution in [0.2, 0.25) is 0 Å². The highest BCUT2D eigenvalue weighted by molar-refractivity contribution is 5.96. The lowest BCUT2D eigenvalue weighted by Crippen LogP contribution is -2.09. The van der Waals surface area contributed by atoms with Gasteiger partial charge in [0, 0.05) is 13.5 Å². The molecule has 0 aliphatic heterocycles. The Labute approximate surface area is 98.9 Å². The molecule has 0 saturated heterocycles. The highest BCUT2D eigenvalue weighted by Gasteiger charge is 2.12. The number of ketones is 1. The zero-order chi connectivity index (χ0) is 12.4. The van der Waals surface area contributed by atoms with Gasteiger partial charge in [0.1, 0.15) is 11.5 Å². The fourth-order valence-electron chi connectivity index (χ4n) is 1.75. The number of aryl methyl sites for hydroxylation is 2. The first-order valence-electron chi connectivity index (χ1n) is 5.34. The number of hydrogen-bond donors (Lipinski definition) is 0. The van der Waals surface area contributed by atoms with Crippen molar-refractivity contribution < 1.29 is 9.18 Å². The lowest BCUT2D eigenvalue weighted by Gasteiger charge is -2.01. The average molecular weight is 232 g/mol. The Morgan fingerprint density at radius 3 is 2.53 bits per heavy atom. The summed E-state index contributed by atoms with van der Waals surface area (Å²) in [6.45, 7) is 1.84. The number of rotatable bonds is 3. The predicted molar refractivity (Wildman–Crippen MR) is 62.4 cm³/mol. The van der Waals surface area contributed by atoms with Crippen LogP contribution in [0.25, 0.3) is 0 Å². The molecule has 2 aromatic rings. The van der Waals surface area contributed by atoms with Crippen molar-refractivity contribution in [1.82, 2.24) is 9.78 Å². The molecule has 0 atom stereocenters. The molecule has 0 radical (unpaired) electrons. The number of halogens is 1. The van der Waals surface area contributed by atoms with Crippen LogP contribution in [0.1, 0.15) is 21.7 Å². The third kappa shape index (κ3) is 2.58. The minimum absolute atomic E-state index is 0.0142. The van der Waals surface area contributed by atoms with Crippen molar-refractivity contribution in [3.05, 3.63) is 53.1 Å². The van der Waals surface area contributed by atoms with E-state index in [0.717, 1.165) is 11.3 Å². The lowest BCUT2D eigenvalue weighted by atomic mass is 10.1. The minimum atomic E-state index is -0.294. The summed E-state index contributed by atoms with van der Waals surface area (Å²) in [6, 6.07) is 7.72. The molecule has 1 aromatic heterocycles. The number of Topliss-reactive ketones (excluding diaryl/α,β-unsaturated/α-hetero) is 1. The predicted octanol–water partition coefficient (Wildman–Crippen LogP) is 2.29. The Morgan fingerprint density at radius 2 is 2.00 bits per heavy atom. The molecule has 0 amide bonds. The van der Waals surface area contributed by atoms with Gasteiger partial charge >= 0.3 is 0 Å². The monoisotopic (exact) mass is 232 g/mol. The first-order chi connectivity index (χ1) is 8.06. The summed E-state index contributed by atoms with van der Waals surface area (Å²) in [4.78, 5) is 12.0. The van der Waals surface area contributed by atoms with E-state index in [0.29, 0.717) is 5.69 Å². The second-order valence-electron chi connectivity index (χ2n) is 4.02. The molecule has 0 aliphatic rings. The van der Waals surface area contributed by atoms with Crippen molar-refractivity contribution in [2.24, 2.45) is 7.05 Å². The molecule has 2 rings (SSSR count). The first-order valence-corrected chi connectivity index (χ1v) is 5.34. The molecule has 17 heavy (non-hydrogen) atoms. The van der Waals surface area contributed by atoms with Gasteiger partial charge in [-0.2, -0.15) is 5.10 Å². The Bertz CT molecular complexity index is 543. The Morgan fingerprint density at radius 1 is 1.35 bits per heavy atom. The van der Waals surface area contributed by atoms with Crippen molar-refractivity contribution in [3.8, 4) is 0 Å². The van der Waals surface area contributed by atoms with Gasteiger partial charge < -0.3 is 0 Å². The van der Waals surface area contributed by atoms with Gasteiger partial charge in [0.2, 0.25) is 0 Å². The van der Waals surface area contributed by atoms with E-state index in [4.69, 9.17) is 0 Å². The Hall–Kier alpha value is -1.97. The topological polar surface area (TPSA) is 34.9 Å². The van der Waals surface area contributed by atoms with Crippen molar-refractivity contribution in [2.45, 2.75) is 13.3 Å². The molecule has 3 nitrogen and oxygen atoms in total. The molecule has 0 aliphatic carbocycles. The van der Waals surface area contributed by atoms with E-state index in [1.54, 1.807) is 29.9 Å². The molecular formula is C13H13FN2O. The maximum Gasteiger partial charge on any atom is 0.185 e. The Balaban J connectivity index is 2.17. The molecule has 0 N–H and O–H groups in total. The highest BCUT2D eigenvalue weighted by atomic mass is 19.1. The second-order valence-corrected chi connectivity index (χ2v) is 4.02. The van der Waals surface area contributed by atoms with Crippen LogP contribution in [-0.2, 0) is 13.5 Å². The summed E-state index contributed by atoms with van der Waals surface area (Å²) in [5.41, 5.74) is 2.19. The van der Waals surface area contributed by atoms with Gasteiger partial charge in [-0.1, -0.05) is 12.1 Å². The fourth-order valence-corrected chi connectivity index (χ4v) is 1.75. The van der Waals surface area contributed by atoms with E-state index in [2.05, 4.69) is 5.10 Å². The van der Waals surface area contributed by atoms with E-state index >= 15 is 0 Å². The summed E-state index contributed by atoms with van der Waals surface area (Å²) in [5, 5.41) is 4.12. The first kappa shape index (κ1) is 11.5. The summed E-state index contributed by atoms with van der Waals surface area (Å²) < 4.78 is 14.3. The van der Waals surface area contributed by atoms with E-state index in [1.165, 1.54) is 12.1 Å². The maximum atomic E-state index is 12.7. The smallest absolute Gasteiger partial charge is 0.185 e. The lowest BCUT2D eigenvalue weighted by molar-refractivity contribution is 0.0984. The number of hydrogen-bond acceptors (Lipinski definition) is 2. The van der Waals surface area contributed by atoms with E-state index in [9.17, 15) is 9.18 Å². The van der Waals surface area contributed by atoms with E-state index in [-0.39, 0.29) is 18.0 Å². The number of benzene rings is 1. The van der Waals surface area contributed by atoms with Crippen LogP contribution in [0.5, 0.6) is 0 Å². The SMILES string of the molecule is Cc1cc(C(=O)Cc2ccc(F)cc2)n(C)n1. The second kappa shape index (κ2) is 4.49. The van der Waals surface area contributed by atoms with Crippen molar-refractivity contribution >= 4 is 5.78 Å². The molecule has 0 unspecified atom stereocenters. The minimum Gasteiger partial charge on any atom is -0.292 e. The van der Waals surface area contributed by atoms with Gasteiger partial charge in [0.25, 0.3) is 0 Å². The molecule has 0 spiro atoms. The summed E-state index contributed by atoms with van der Waals surface area (Å²) in [5.74, 6) is -0.308. The van der Waals surface area contributed by atoms with Crippen molar-refractivity contribution in [3.63, 3.8) is 0 Å². The zero-order valence-electron chi connectivity index (χ0n) is 9.77. The molecule has 0 saturated carbocycles. The average Bonchev–Trinajstić information content (AvgIpc) is 2.61. The fraction of sp³-hybridized carbons (Fsp3) is 0.231. The number of carbonyl (C=O) groups is 1. The molecular weight excluding hydrogens is 219 g/mol. The molecule has 4 heteroatoms. The molecule has 0 bridgehead atoms. The highest BCUT2D eigenvalue weighted by Crippen LogP contribution is 2.09. The van der Waals surface area contributed by atoms with Crippen molar-refractivity contribution in [1.29, 1.82) is 0 Å². The van der Waals surface area contributed by atoms with Crippen LogP contribution < -0.4 is 0 Å². The summed E-state index contributed by atoms with van der Waals surface area (Å²) >= 11 is 0. The van der Waals surface area contributed by atoms with Crippen LogP contribution in [-0.4, -0.2) is 15.6 Å². The quantitative estimate of drug-likeness (QED) is 0.761. The van der Waals surface area contributed by atoms with E-state index in [1.807, 2.05) is 6.92 Å². The zero-order valence-corrected chi connectivity index (χ0v) is 9.77. The standard InChI is InChI=1S/C13H13FN2O/c1-9-7-12(16(2)15-9)13(17)8-10-3-5-11(14)6-4-10/h3-7H,8H2,1-2H3.